The fraction of sp³-hybridized carbons (Fsp3) is 0.362. The zero-order valence-corrected chi connectivity index (χ0v) is 41.4. The number of carbonyl (C=O) groups excluding carboxylic acids is 3. The molecule has 380 valence electrons. The van der Waals surface area contributed by atoms with Crippen LogP contribution in [-0.2, 0) is 49.2 Å². The second-order valence-electron chi connectivity index (χ2n) is 16.1. The third-order valence-electron chi connectivity index (χ3n) is 10.3. The summed E-state index contributed by atoms with van der Waals surface area (Å²) in [6, 6.07) is 21.9. The highest BCUT2D eigenvalue weighted by molar-refractivity contribution is 7.89. The van der Waals surface area contributed by atoms with Crippen LogP contribution in [0.1, 0.15) is 75.9 Å². The van der Waals surface area contributed by atoms with E-state index in [1.165, 1.54) is 64.7 Å². The van der Waals surface area contributed by atoms with Gasteiger partial charge in [-0.3, -0.25) is 10.0 Å². The molecule has 0 spiro atoms. The lowest BCUT2D eigenvalue weighted by atomic mass is 10.2. The van der Waals surface area contributed by atoms with Crippen LogP contribution in [0.25, 0.3) is 0 Å². The van der Waals surface area contributed by atoms with Gasteiger partial charge in [0.15, 0.2) is 11.4 Å². The van der Waals surface area contributed by atoms with Crippen molar-refractivity contribution in [2.75, 3.05) is 53.7 Å². The zero-order chi connectivity index (χ0) is 51.3. The predicted molar refractivity (Wildman–Crippen MR) is 252 cm³/mol. The summed E-state index contributed by atoms with van der Waals surface area (Å²) in [6.07, 6.45) is -0.412. The van der Waals surface area contributed by atoms with Crippen molar-refractivity contribution in [2.45, 2.75) is 69.3 Å². The first-order chi connectivity index (χ1) is 33.9. The molecule has 3 aromatic heterocycles. The monoisotopic (exact) mass is 1020 g/mol. The highest BCUT2D eigenvalue weighted by Crippen LogP contribution is 2.29. The number of rotatable bonds is 11. The lowest BCUT2D eigenvalue weighted by Gasteiger charge is -2.19. The molecule has 0 bridgehead atoms. The SMILES string of the molecule is CC(C)OC(=O)c1ccc2c(n1)OCCNC2.COc1ccc(S(=O)(=O)N2CCOc3nc(C(=O)NO)ccc3C2)cc1.COc1ccc(S(=O)(=O)N2CCOc3nc(C(=O)OC(C)C)ccc3C2)cc1. The van der Waals surface area contributed by atoms with E-state index in [9.17, 15) is 31.2 Å². The Morgan fingerprint density at radius 1 is 0.592 bits per heavy atom. The van der Waals surface area contributed by atoms with Crippen molar-refractivity contribution in [2.24, 2.45) is 0 Å². The third kappa shape index (κ3) is 13.9. The lowest BCUT2D eigenvalue weighted by Crippen LogP contribution is -2.32. The number of nitrogens with one attached hydrogen (secondary N) is 2. The number of hydrogen-bond donors (Lipinski definition) is 3. The van der Waals surface area contributed by atoms with Crippen molar-refractivity contribution in [1.29, 1.82) is 0 Å². The molecule has 0 atom stereocenters. The Bertz CT molecular complexity index is 2890. The number of aromatic nitrogens is 3. The molecule has 3 N–H and O–H groups in total. The van der Waals surface area contributed by atoms with Gasteiger partial charge in [0.2, 0.25) is 37.7 Å². The Hall–Kier alpha value is -6.96. The standard InChI is InChI=1S/C19H22N2O6S.C16H17N3O6S.C12H16N2O3/c1-13(2)27-19(22)17-9-4-14-12-21(10-11-26-18(14)20-17)28(23,24)16-7-5-15(25-3)6-8-16;1-24-12-3-5-13(6-4-12)26(22,23)19-8-9-25-16-11(10-19)2-7-14(17-16)15(20)18-21;1-8(2)17-12(15)10-4-3-9-7-13-5-6-16-11(9)14-10/h4-9,13H,10-12H2,1-3H3;2-7,21H,8-10H2,1H3,(H,18,20);3-4,8,13H,5-7H2,1-2H3. The minimum Gasteiger partial charge on any atom is -0.497 e. The molecule has 0 saturated heterocycles. The van der Waals surface area contributed by atoms with E-state index in [2.05, 4.69) is 20.3 Å². The van der Waals surface area contributed by atoms with Crippen molar-refractivity contribution in [3.05, 3.63) is 119 Å². The minimum atomic E-state index is -3.73. The van der Waals surface area contributed by atoms with Crippen molar-refractivity contribution < 1.29 is 69.6 Å². The summed E-state index contributed by atoms with van der Waals surface area (Å²) in [4.78, 5) is 47.9. The van der Waals surface area contributed by atoms with Crippen LogP contribution >= 0.6 is 0 Å². The molecule has 6 heterocycles. The molecular formula is C47H55N7O15S2. The molecule has 2 aromatic carbocycles. The first kappa shape index (κ1) is 53.4. The maximum absolute atomic E-state index is 13.0. The summed E-state index contributed by atoms with van der Waals surface area (Å²) >= 11 is 0. The van der Waals surface area contributed by atoms with Crippen molar-refractivity contribution >= 4 is 37.9 Å². The van der Waals surface area contributed by atoms with Gasteiger partial charge in [-0.1, -0.05) is 0 Å². The number of methoxy groups -OCH3 is 2. The van der Waals surface area contributed by atoms with Gasteiger partial charge in [0, 0.05) is 56.0 Å². The number of benzene rings is 2. The highest BCUT2D eigenvalue weighted by atomic mass is 32.2. The van der Waals surface area contributed by atoms with E-state index in [4.69, 9.17) is 38.4 Å². The summed E-state index contributed by atoms with van der Waals surface area (Å²) in [5.74, 6) is 0.332. The number of nitrogens with zero attached hydrogens (tertiary/aromatic N) is 5. The largest absolute Gasteiger partial charge is 0.497 e. The minimum absolute atomic E-state index is 0.0299. The van der Waals surface area contributed by atoms with Crippen molar-refractivity contribution in [3.8, 4) is 29.1 Å². The fourth-order valence-corrected chi connectivity index (χ4v) is 9.60. The summed E-state index contributed by atoms with van der Waals surface area (Å²) in [6.45, 7) is 9.81. The second kappa shape index (κ2) is 24.2. The number of hydrogen-bond acceptors (Lipinski definition) is 19. The van der Waals surface area contributed by atoms with Crippen LogP contribution in [0.15, 0.2) is 94.7 Å². The van der Waals surface area contributed by atoms with Gasteiger partial charge in [-0.2, -0.15) is 8.61 Å². The van der Waals surface area contributed by atoms with E-state index in [1.54, 1.807) is 56.3 Å². The van der Waals surface area contributed by atoms with Crippen LogP contribution in [-0.4, -0.2) is 129 Å². The van der Waals surface area contributed by atoms with E-state index < -0.39 is 37.9 Å². The number of esters is 2. The van der Waals surface area contributed by atoms with Gasteiger partial charge >= 0.3 is 11.9 Å². The molecule has 3 aliphatic heterocycles. The first-order valence-corrected chi connectivity index (χ1v) is 25.0. The number of hydroxylamine groups is 1. The quantitative estimate of drug-likeness (QED) is 0.0952. The molecule has 0 saturated carbocycles. The highest BCUT2D eigenvalue weighted by Gasteiger charge is 2.31. The Morgan fingerprint density at radius 2 is 0.986 bits per heavy atom. The third-order valence-corrected chi connectivity index (χ3v) is 14.1. The molecule has 71 heavy (non-hydrogen) atoms. The second-order valence-corrected chi connectivity index (χ2v) is 20.0. The van der Waals surface area contributed by atoms with Gasteiger partial charge in [-0.05, 0) is 113 Å². The molecule has 0 unspecified atom stereocenters. The molecule has 24 heteroatoms. The summed E-state index contributed by atoms with van der Waals surface area (Å²) in [5, 5.41) is 11.9. The maximum Gasteiger partial charge on any atom is 0.357 e. The normalized spacial score (nSPS) is 14.7. The van der Waals surface area contributed by atoms with Crippen LogP contribution in [0, 0.1) is 0 Å². The Kier molecular flexibility index (Phi) is 18.2. The van der Waals surface area contributed by atoms with Crippen LogP contribution in [0.4, 0.5) is 0 Å². The number of carbonyl (C=O) groups is 3. The van der Waals surface area contributed by atoms with Gasteiger partial charge in [-0.15, -0.1) is 0 Å². The van der Waals surface area contributed by atoms with E-state index in [1.807, 2.05) is 19.9 Å². The average Bonchev–Trinajstić information content (AvgIpc) is 3.85. The molecule has 1 amide bonds. The van der Waals surface area contributed by atoms with Crippen molar-refractivity contribution in [1.82, 2.24) is 34.4 Å². The molecule has 0 fully saturated rings. The fourth-order valence-electron chi connectivity index (χ4n) is 6.79. The molecule has 5 aromatic rings. The van der Waals surface area contributed by atoms with E-state index in [-0.39, 0.29) is 84.5 Å². The molecule has 8 rings (SSSR count). The van der Waals surface area contributed by atoms with Gasteiger partial charge in [-0.25, -0.2) is 46.9 Å². The van der Waals surface area contributed by atoms with Gasteiger partial charge < -0.3 is 38.5 Å². The Labute approximate surface area is 411 Å². The van der Waals surface area contributed by atoms with Gasteiger partial charge in [0.1, 0.15) is 37.0 Å². The predicted octanol–water partition coefficient (Wildman–Crippen LogP) is 4.16. The van der Waals surface area contributed by atoms with E-state index in [0.717, 1.165) is 12.1 Å². The molecule has 0 aliphatic carbocycles. The summed E-state index contributed by atoms with van der Waals surface area (Å²) < 4.78 is 91.2. The van der Waals surface area contributed by atoms with Crippen molar-refractivity contribution in [3.63, 3.8) is 0 Å². The topological polar surface area (TPSA) is 274 Å². The lowest BCUT2D eigenvalue weighted by molar-refractivity contribution is 0.0359. The van der Waals surface area contributed by atoms with E-state index >= 15 is 0 Å². The Morgan fingerprint density at radius 3 is 1.41 bits per heavy atom. The number of pyridine rings is 3. The van der Waals surface area contributed by atoms with Gasteiger partial charge in [0.05, 0.1) is 36.2 Å². The molecule has 3 aliphatic rings. The Balaban J connectivity index is 0.000000179. The maximum atomic E-state index is 13.0. The molecular weight excluding hydrogens is 967 g/mol. The van der Waals surface area contributed by atoms with Gasteiger partial charge in [0.25, 0.3) is 5.91 Å². The molecule has 22 nitrogen and oxygen atoms in total. The van der Waals surface area contributed by atoms with Crippen LogP contribution in [0.2, 0.25) is 0 Å². The smallest absolute Gasteiger partial charge is 0.357 e. The molecule has 0 radical (unpaired) electrons. The van der Waals surface area contributed by atoms with Crippen LogP contribution in [0.5, 0.6) is 29.1 Å². The van der Waals surface area contributed by atoms with E-state index in [0.29, 0.717) is 47.4 Å². The number of ether oxygens (including phenoxy) is 7. The first-order valence-electron chi connectivity index (χ1n) is 22.2. The zero-order valence-electron chi connectivity index (χ0n) is 39.8. The van der Waals surface area contributed by atoms with Crippen LogP contribution < -0.4 is 34.5 Å². The summed E-state index contributed by atoms with van der Waals surface area (Å²) in [7, 11) is -4.43. The average molecular weight is 1020 g/mol. The van der Waals surface area contributed by atoms with Crippen LogP contribution in [0.3, 0.4) is 0 Å². The number of sulfonamides is 2. The number of fused-ring (bicyclic) bond motifs is 3. The number of amides is 1. The summed E-state index contributed by atoms with van der Waals surface area (Å²) in [5.41, 5.74) is 3.94.